The molecular weight excluding hydrogens is 265 g/mol. The Balaban J connectivity index is 4.81. The van der Waals surface area contributed by atoms with E-state index in [-0.39, 0.29) is 0 Å². The van der Waals surface area contributed by atoms with E-state index in [1.54, 1.807) is 3.22 Å². The molecule has 0 aromatic heterocycles. The van der Waals surface area contributed by atoms with Crippen LogP contribution in [0.15, 0.2) is 11.4 Å². The molecule has 0 bridgehead atoms. The molecule has 0 amide bonds. The van der Waals surface area contributed by atoms with E-state index in [4.69, 9.17) is 11.6 Å². The first-order chi connectivity index (χ1) is 5.37. The molecule has 0 aliphatic carbocycles. The van der Waals surface area contributed by atoms with E-state index in [1.807, 2.05) is 22.9 Å². The van der Waals surface area contributed by atoms with Crippen molar-refractivity contribution in [1.29, 1.82) is 0 Å². The monoisotopic (exact) mass is 283 g/mol. The molecule has 0 atom stereocenters. The summed E-state index contributed by atoms with van der Waals surface area (Å²) < 4.78 is 1.58. The maximum absolute atomic E-state index is 5.92. The van der Waals surface area contributed by atoms with Gasteiger partial charge < -0.3 is 5.73 Å². The van der Waals surface area contributed by atoms with Gasteiger partial charge in [-0.1, -0.05) is 27.7 Å². The second-order valence-electron chi connectivity index (χ2n) is 3.46. The third-order valence-corrected chi connectivity index (χ3v) is 2.21. The fourth-order valence-electron chi connectivity index (χ4n) is 0.999. The molecule has 0 aromatic carbocycles. The third-order valence-electron chi connectivity index (χ3n) is 1.69. The van der Waals surface area contributed by atoms with Gasteiger partial charge in [0.15, 0.2) is 0 Å². The van der Waals surface area contributed by atoms with Gasteiger partial charge in [-0.2, -0.15) is 0 Å². The summed E-state index contributed by atoms with van der Waals surface area (Å²) in [4.78, 5) is 0. The number of nitrogens with two attached hydrogens (primary N) is 2. The zero-order chi connectivity index (χ0) is 9.89. The Hall–Kier alpha value is 0.0300. The van der Waals surface area contributed by atoms with Crippen LogP contribution < -0.4 is 11.6 Å². The first-order valence-corrected chi connectivity index (χ1v) is 5.04. The molecule has 0 fully saturated rings. The molecular formula is C8H18IN3. The summed E-state index contributed by atoms with van der Waals surface area (Å²) in [6.45, 7) is 8.31. The fraction of sp³-hybridized carbons (Fsp3) is 0.750. The smallest absolute Gasteiger partial charge is 0.0762 e. The highest BCUT2D eigenvalue weighted by atomic mass is 127. The van der Waals surface area contributed by atoms with Gasteiger partial charge in [0, 0.05) is 5.70 Å². The van der Waals surface area contributed by atoms with Gasteiger partial charge in [-0.15, -0.1) is 0 Å². The van der Waals surface area contributed by atoms with Gasteiger partial charge in [0.1, 0.15) is 0 Å². The highest BCUT2D eigenvalue weighted by Gasteiger charge is 2.14. The minimum absolute atomic E-state index is 0.350. The Bertz CT molecular complexity index is 163. The second-order valence-corrected chi connectivity index (χ2v) is 4.50. The van der Waals surface area contributed by atoms with Crippen molar-refractivity contribution >= 4 is 22.9 Å². The van der Waals surface area contributed by atoms with Gasteiger partial charge >= 0.3 is 0 Å². The van der Waals surface area contributed by atoms with E-state index in [0.29, 0.717) is 11.8 Å². The van der Waals surface area contributed by atoms with Crippen LogP contribution in [0.25, 0.3) is 0 Å². The lowest BCUT2D eigenvalue weighted by Crippen LogP contribution is -2.27. The van der Waals surface area contributed by atoms with Crippen LogP contribution in [0.2, 0.25) is 0 Å². The van der Waals surface area contributed by atoms with Crippen LogP contribution in [0.4, 0.5) is 0 Å². The summed E-state index contributed by atoms with van der Waals surface area (Å²) in [6.07, 6.45) is 0. The second kappa shape index (κ2) is 4.91. The average Bonchev–Trinajstić information content (AvgIpc) is 1.85. The summed E-state index contributed by atoms with van der Waals surface area (Å²) >= 11 is 2.04. The maximum atomic E-state index is 5.92. The first-order valence-electron chi connectivity index (χ1n) is 4.08. The van der Waals surface area contributed by atoms with Crippen LogP contribution >= 0.6 is 22.9 Å². The number of hydrogen-bond acceptors (Lipinski definition) is 3. The Kier molecular flexibility index (Phi) is 4.92. The number of hydrazine groups is 1. The SMILES string of the molecule is CC(C)/C(N)=C(\C(C)C)N(N)I. The van der Waals surface area contributed by atoms with E-state index in [9.17, 15) is 0 Å². The van der Waals surface area contributed by atoms with Crippen LogP contribution in [-0.2, 0) is 0 Å². The van der Waals surface area contributed by atoms with Crippen molar-refractivity contribution in [2.24, 2.45) is 23.4 Å². The number of halogens is 1. The van der Waals surface area contributed by atoms with Gasteiger partial charge in [0.2, 0.25) is 0 Å². The fourth-order valence-corrected chi connectivity index (χ4v) is 1.83. The molecule has 72 valence electrons. The molecule has 0 saturated heterocycles. The first kappa shape index (κ1) is 12.0. The van der Waals surface area contributed by atoms with Crippen molar-refractivity contribution in [3.63, 3.8) is 0 Å². The zero-order valence-electron chi connectivity index (χ0n) is 8.13. The van der Waals surface area contributed by atoms with E-state index in [2.05, 4.69) is 27.7 Å². The molecule has 0 unspecified atom stereocenters. The highest BCUT2D eigenvalue weighted by molar-refractivity contribution is 14.1. The van der Waals surface area contributed by atoms with E-state index < -0.39 is 0 Å². The molecule has 0 radical (unpaired) electrons. The number of rotatable bonds is 3. The van der Waals surface area contributed by atoms with E-state index >= 15 is 0 Å². The lowest BCUT2D eigenvalue weighted by Gasteiger charge is -2.22. The summed E-state index contributed by atoms with van der Waals surface area (Å²) in [7, 11) is 0. The Morgan fingerprint density at radius 2 is 1.58 bits per heavy atom. The number of nitrogens with zero attached hydrogens (tertiary/aromatic N) is 1. The lowest BCUT2D eigenvalue weighted by atomic mass is 10.0. The van der Waals surface area contributed by atoms with Crippen LogP contribution in [0.3, 0.4) is 0 Å². The standard InChI is InChI=1S/C8H18IN3/c1-5(2)7(10)8(6(3)4)12(9)11/h5-6H,10-11H2,1-4H3/b8-7-. The molecule has 0 rings (SSSR count). The lowest BCUT2D eigenvalue weighted by molar-refractivity contribution is 0.523. The Morgan fingerprint density at radius 3 is 1.67 bits per heavy atom. The van der Waals surface area contributed by atoms with Crippen molar-refractivity contribution in [2.45, 2.75) is 27.7 Å². The van der Waals surface area contributed by atoms with Crippen molar-refractivity contribution in [1.82, 2.24) is 3.22 Å². The molecule has 0 saturated carbocycles. The maximum Gasteiger partial charge on any atom is 0.0762 e. The normalized spacial score (nSPS) is 13.7. The minimum Gasteiger partial charge on any atom is -0.400 e. The molecule has 0 aliphatic heterocycles. The van der Waals surface area contributed by atoms with Crippen LogP contribution in [0.5, 0.6) is 0 Å². The molecule has 0 heterocycles. The summed E-state index contributed by atoms with van der Waals surface area (Å²) in [5.74, 6) is 6.38. The molecule has 0 spiro atoms. The Labute approximate surface area is 88.6 Å². The predicted octanol–water partition coefficient (Wildman–Crippen LogP) is 1.99. The number of allylic oxidation sites excluding steroid dienone is 2. The van der Waals surface area contributed by atoms with Crippen molar-refractivity contribution in [3.8, 4) is 0 Å². The molecule has 0 aliphatic rings. The number of hydrogen-bond donors (Lipinski definition) is 2. The van der Waals surface area contributed by atoms with E-state index in [0.717, 1.165) is 11.4 Å². The summed E-state index contributed by atoms with van der Waals surface area (Å²) in [5.41, 5.74) is 7.81. The third kappa shape index (κ3) is 3.18. The quantitative estimate of drug-likeness (QED) is 0.360. The molecule has 4 N–H and O–H groups in total. The highest BCUT2D eigenvalue weighted by Crippen LogP contribution is 2.21. The van der Waals surface area contributed by atoms with Gasteiger partial charge in [0.05, 0.1) is 28.6 Å². The molecule has 3 nitrogen and oxygen atoms in total. The average molecular weight is 283 g/mol. The Morgan fingerprint density at radius 1 is 1.17 bits per heavy atom. The molecule has 12 heavy (non-hydrogen) atoms. The van der Waals surface area contributed by atoms with Gasteiger partial charge in [-0.05, 0) is 11.8 Å². The summed E-state index contributed by atoms with van der Waals surface area (Å²) in [5, 5.41) is 0. The topological polar surface area (TPSA) is 55.3 Å². The van der Waals surface area contributed by atoms with Gasteiger partial charge in [-0.3, -0.25) is 3.22 Å². The van der Waals surface area contributed by atoms with Crippen molar-refractivity contribution < 1.29 is 0 Å². The van der Waals surface area contributed by atoms with Crippen LogP contribution in [0, 0.1) is 11.8 Å². The van der Waals surface area contributed by atoms with Crippen LogP contribution in [-0.4, -0.2) is 3.22 Å². The minimum atomic E-state index is 0.350. The van der Waals surface area contributed by atoms with Crippen molar-refractivity contribution in [2.75, 3.05) is 0 Å². The largest absolute Gasteiger partial charge is 0.400 e. The molecule has 0 aromatic rings. The molecule has 4 heteroatoms. The van der Waals surface area contributed by atoms with Crippen molar-refractivity contribution in [3.05, 3.63) is 11.4 Å². The van der Waals surface area contributed by atoms with Crippen LogP contribution in [0.1, 0.15) is 27.7 Å². The van der Waals surface area contributed by atoms with Gasteiger partial charge in [-0.25, -0.2) is 5.84 Å². The zero-order valence-corrected chi connectivity index (χ0v) is 10.3. The van der Waals surface area contributed by atoms with Gasteiger partial charge in [0.25, 0.3) is 0 Å². The predicted molar refractivity (Wildman–Crippen MR) is 60.9 cm³/mol. The summed E-state index contributed by atoms with van der Waals surface area (Å²) in [6, 6.07) is 0. The van der Waals surface area contributed by atoms with E-state index in [1.165, 1.54) is 0 Å².